The van der Waals surface area contributed by atoms with E-state index < -0.39 is 0 Å². The third-order valence-electron chi connectivity index (χ3n) is 2.92. The summed E-state index contributed by atoms with van der Waals surface area (Å²) in [5.41, 5.74) is 0.813. The monoisotopic (exact) mass is 239 g/mol. The Labute approximate surface area is 107 Å². The summed E-state index contributed by atoms with van der Waals surface area (Å²) in [4.78, 5) is 2.03. The molecule has 2 aromatic rings. The van der Waals surface area contributed by atoms with Gasteiger partial charge in [0.15, 0.2) is 0 Å². The number of fused-ring (bicyclic) bond motifs is 1. The van der Waals surface area contributed by atoms with E-state index in [2.05, 4.69) is 13.2 Å². The summed E-state index contributed by atoms with van der Waals surface area (Å²) >= 11 is 0. The number of rotatable bonds is 5. The minimum atomic E-state index is 0.316. The first kappa shape index (κ1) is 12.2. The van der Waals surface area contributed by atoms with Gasteiger partial charge in [-0.3, -0.25) is 0 Å². The quantitative estimate of drug-likeness (QED) is 0.804. The van der Waals surface area contributed by atoms with E-state index in [1.54, 1.807) is 0 Å². The van der Waals surface area contributed by atoms with Crippen molar-refractivity contribution in [3.8, 4) is 5.75 Å². The van der Waals surface area contributed by atoms with Gasteiger partial charge in [-0.05, 0) is 11.5 Å². The van der Waals surface area contributed by atoms with E-state index in [1.807, 2.05) is 53.5 Å². The maximum atomic E-state index is 10.4. The molecular weight excluding hydrogens is 222 g/mol. The molecule has 18 heavy (non-hydrogen) atoms. The minimum Gasteiger partial charge on any atom is -0.505 e. The molecule has 92 valence electrons. The van der Waals surface area contributed by atoms with Crippen LogP contribution in [0.3, 0.4) is 0 Å². The highest BCUT2D eigenvalue weighted by Crippen LogP contribution is 2.34. The fraction of sp³-hybridized carbons (Fsp3) is 0.125. The fourth-order valence-corrected chi connectivity index (χ4v) is 2.08. The van der Waals surface area contributed by atoms with Gasteiger partial charge in [0.1, 0.15) is 5.75 Å². The fourth-order valence-electron chi connectivity index (χ4n) is 2.08. The van der Waals surface area contributed by atoms with E-state index in [0.717, 1.165) is 16.5 Å². The molecule has 0 saturated heterocycles. The molecule has 2 aromatic carbocycles. The lowest BCUT2D eigenvalue weighted by molar-refractivity contribution is 0.481. The summed E-state index contributed by atoms with van der Waals surface area (Å²) in [6, 6.07) is 11.8. The largest absolute Gasteiger partial charge is 0.505 e. The maximum absolute atomic E-state index is 10.4. The zero-order chi connectivity index (χ0) is 13.0. The van der Waals surface area contributed by atoms with Crippen molar-refractivity contribution in [2.24, 2.45) is 0 Å². The van der Waals surface area contributed by atoms with Gasteiger partial charge in [0.05, 0.1) is 5.69 Å². The second-order valence-corrected chi connectivity index (χ2v) is 4.14. The standard InChI is InChI=1S/C16H17NO/c1-3-11-17(12-4-2)15-10-9-13-7-5-6-8-14(13)16(15)18/h3-10,18H,1-2,11-12H2. The second-order valence-electron chi connectivity index (χ2n) is 4.14. The molecular formula is C16H17NO. The summed E-state index contributed by atoms with van der Waals surface area (Å²) in [6.07, 6.45) is 3.64. The van der Waals surface area contributed by atoms with Gasteiger partial charge < -0.3 is 10.0 Å². The van der Waals surface area contributed by atoms with E-state index in [4.69, 9.17) is 0 Å². The van der Waals surface area contributed by atoms with Crippen LogP contribution in [0.1, 0.15) is 0 Å². The van der Waals surface area contributed by atoms with Crippen LogP contribution in [0.5, 0.6) is 5.75 Å². The van der Waals surface area contributed by atoms with Crippen molar-refractivity contribution >= 4 is 16.5 Å². The predicted octanol–water partition coefficient (Wildman–Crippen LogP) is 3.72. The first-order valence-electron chi connectivity index (χ1n) is 5.95. The summed E-state index contributed by atoms with van der Waals surface area (Å²) in [5.74, 6) is 0.316. The van der Waals surface area contributed by atoms with Crippen molar-refractivity contribution < 1.29 is 5.11 Å². The number of hydrogen-bond donors (Lipinski definition) is 1. The molecule has 0 aliphatic carbocycles. The van der Waals surface area contributed by atoms with Gasteiger partial charge in [0.2, 0.25) is 0 Å². The normalized spacial score (nSPS) is 10.2. The van der Waals surface area contributed by atoms with Gasteiger partial charge in [-0.2, -0.15) is 0 Å². The SMILES string of the molecule is C=CCN(CC=C)c1ccc2ccccc2c1O. The van der Waals surface area contributed by atoms with E-state index in [0.29, 0.717) is 18.8 Å². The summed E-state index contributed by atoms with van der Waals surface area (Å²) in [7, 11) is 0. The van der Waals surface area contributed by atoms with Crippen LogP contribution < -0.4 is 4.90 Å². The van der Waals surface area contributed by atoms with Crippen LogP contribution in [0.2, 0.25) is 0 Å². The molecule has 0 saturated carbocycles. The Hall–Kier alpha value is -2.22. The lowest BCUT2D eigenvalue weighted by Crippen LogP contribution is -2.23. The average molecular weight is 239 g/mol. The number of aromatic hydroxyl groups is 1. The molecule has 2 heteroatoms. The number of phenols is 1. The number of anilines is 1. The maximum Gasteiger partial charge on any atom is 0.146 e. The number of benzene rings is 2. The molecule has 0 unspecified atom stereocenters. The topological polar surface area (TPSA) is 23.5 Å². The Morgan fingerprint density at radius 2 is 1.67 bits per heavy atom. The number of nitrogens with zero attached hydrogens (tertiary/aromatic N) is 1. The molecule has 0 spiro atoms. The van der Waals surface area contributed by atoms with Crippen LogP contribution in [0, 0.1) is 0 Å². The zero-order valence-electron chi connectivity index (χ0n) is 10.3. The zero-order valence-corrected chi connectivity index (χ0v) is 10.3. The highest BCUT2D eigenvalue weighted by molar-refractivity contribution is 5.93. The first-order valence-corrected chi connectivity index (χ1v) is 5.95. The van der Waals surface area contributed by atoms with Crippen LogP contribution >= 0.6 is 0 Å². The van der Waals surface area contributed by atoms with Gasteiger partial charge in [-0.15, -0.1) is 13.2 Å². The lowest BCUT2D eigenvalue weighted by atomic mass is 10.1. The van der Waals surface area contributed by atoms with Gasteiger partial charge >= 0.3 is 0 Å². The molecule has 1 N–H and O–H groups in total. The molecule has 2 nitrogen and oxygen atoms in total. The van der Waals surface area contributed by atoms with Crippen molar-refractivity contribution in [1.29, 1.82) is 0 Å². The Bertz CT molecular complexity index is 564. The minimum absolute atomic E-state index is 0.316. The van der Waals surface area contributed by atoms with Crippen molar-refractivity contribution in [3.05, 3.63) is 61.7 Å². The number of phenolic OH excluding ortho intramolecular Hbond substituents is 1. The third-order valence-corrected chi connectivity index (χ3v) is 2.92. The summed E-state index contributed by atoms with van der Waals surface area (Å²) in [6.45, 7) is 8.84. The highest BCUT2D eigenvalue weighted by atomic mass is 16.3. The van der Waals surface area contributed by atoms with E-state index in [1.165, 1.54) is 0 Å². The van der Waals surface area contributed by atoms with E-state index in [9.17, 15) is 5.11 Å². The molecule has 2 rings (SSSR count). The molecule has 0 heterocycles. The van der Waals surface area contributed by atoms with E-state index in [-0.39, 0.29) is 0 Å². The third kappa shape index (κ3) is 2.23. The molecule has 0 radical (unpaired) electrons. The lowest BCUT2D eigenvalue weighted by Gasteiger charge is -2.23. The predicted molar refractivity (Wildman–Crippen MR) is 78.2 cm³/mol. The smallest absolute Gasteiger partial charge is 0.146 e. The van der Waals surface area contributed by atoms with Crippen LogP contribution in [0.25, 0.3) is 10.8 Å². The van der Waals surface area contributed by atoms with Crippen LogP contribution in [0.4, 0.5) is 5.69 Å². The molecule has 0 bridgehead atoms. The second kappa shape index (κ2) is 5.41. The Morgan fingerprint density at radius 1 is 1.00 bits per heavy atom. The molecule has 0 aliphatic rings. The molecule has 0 atom stereocenters. The van der Waals surface area contributed by atoms with Gasteiger partial charge in [-0.25, -0.2) is 0 Å². The van der Waals surface area contributed by atoms with Gasteiger partial charge in [0, 0.05) is 18.5 Å². The van der Waals surface area contributed by atoms with Crippen molar-refractivity contribution in [3.63, 3.8) is 0 Å². The number of hydrogen-bond acceptors (Lipinski definition) is 2. The van der Waals surface area contributed by atoms with Crippen molar-refractivity contribution in [2.45, 2.75) is 0 Å². The molecule has 0 aliphatic heterocycles. The first-order chi connectivity index (χ1) is 8.77. The van der Waals surface area contributed by atoms with Crippen LogP contribution in [-0.2, 0) is 0 Å². The van der Waals surface area contributed by atoms with Crippen molar-refractivity contribution in [2.75, 3.05) is 18.0 Å². The summed E-state index contributed by atoms with van der Waals surface area (Å²) < 4.78 is 0. The molecule has 0 fully saturated rings. The highest BCUT2D eigenvalue weighted by Gasteiger charge is 2.11. The molecule has 0 amide bonds. The Morgan fingerprint density at radius 3 is 2.33 bits per heavy atom. The summed E-state index contributed by atoms with van der Waals surface area (Å²) in [5, 5.41) is 12.3. The van der Waals surface area contributed by atoms with Gasteiger partial charge in [-0.1, -0.05) is 42.5 Å². The van der Waals surface area contributed by atoms with E-state index >= 15 is 0 Å². The Balaban J connectivity index is 2.52. The van der Waals surface area contributed by atoms with Crippen molar-refractivity contribution in [1.82, 2.24) is 0 Å². The average Bonchev–Trinajstić information content (AvgIpc) is 2.39. The van der Waals surface area contributed by atoms with Crippen LogP contribution in [0.15, 0.2) is 61.7 Å². The van der Waals surface area contributed by atoms with Crippen LogP contribution in [-0.4, -0.2) is 18.2 Å². The van der Waals surface area contributed by atoms with Gasteiger partial charge in [0.25, 0.3) is 0 Å². The molecule has 0 aromatic heterocycles. The Kier molecular flexibility index (Phi) is 3.68.